The Morgan fingerprint density at radius 2 is 1.41 bits per heavy atom. The van der Waals surface area contributed by atoms with Gasteiger partial charge >= 0.3 is 6.03 Å². The van der Waals surface area contributed by atoms with Gasteiger partial charge in [-0.15, -0.1) is 0 Å². The molecule has 41 heavy (non-hydrogen) atoms. The summed E-state index contributed by atoms with van der Waals surface area (Å²) in [6, 6.07) is 27.4. The molecule has 4 aromatic rings. The van der Waals surface area contributed by atoms with Crippen LogP contribution in [0.3, 0.4) is 0 Å². The Kier molecular flexibility index (Phi) is 8.97. The highest BCUT2D eigenvalue weighted by Crippen LogP contribution is 2.40. The molecule has 4 rings (SSSR count). The molecule has 0 bridgehead atoms. The topological polar surface area (TPSA) is 65.5 Å². The molecule has 0 saturated carbocycles. The molecule has 0 fully saturated rings. The number of phenols is 1. The zero-order chi connectivity index (χ0) is 29.6. The zero-order valence-corrected chi connectivity index (χ0v) is 25.0. The summed E-state index contributed by atoms with van der Waals surface area (Å²) in [6.45, 7) is 13.5. The molecule has 1 aromatic heterocycles. The van der Waals surface area contributed by atoms with Gasteiger partial charge in [0, 0.05) is 29.6 Å². The summed E-state index contributed by atoms with van der Waals surface area (Å²) in [5, 5.41) is 14.2. The van der Waals surface area contributed by atoms with Crippen LogP contribution in [0.4, 0.5) is 10.5 Å². The van der Waals surface area contributed by atoms with Crippen LogP contribution in [0.2, 0.25) is 0 Å². The summed E-state index contributed by atoms with van der Waals surface area (Å²) in [7, 11) is 0. The molecule has 0 spiro atoms. The number of anilines is 1. The number of pyridine rings is 1. The predicted molar refractivity (Wildman–Crippen MR) is 170 cm³/mol. The quantitative estimate of drug-likeness (QED) is 0.227. The van der Waals surface area contributed by atoms with Gasteiger partial charge in [0.15, 0.2) is 0 Å². The van der Waals surface area contributed by atoms with Crippen LogP contribution in [-0.4, -0.2) is 21.0 Å². The summed E-state index contributed by atoms with van der Waals surface area (Å²) in [5.41, 5.74) is 5.88. The molecule has 5 heteroatoms. The number of nitrogens with one attached hydrogen (secondary N) is 1. The third-order valence-electron chi connectivity index (χ3n) is 6.99. The minimum Gasteiger partial charge on any atom is -0.507 e. The Morgan fingerprint density at radius 3 is 2.02 bits per heavy atom. The van der Waals surface area contributed by atoms with Crippen molar-refractivity contribution in [3.05, 3.63) is 125 Å². The molecule has 3 aromatic carbocycles. The smallest absolute Gasteiger partial charge is 0.322 e. The number of carbonyl (C=O) groups is 1. The van der Waals surface area contributed by atoms with Gasteiger partial charge in [0.2, 0.25) is 0 Å². The first-order valence-electron chi connectivity index (χ1n) is 14.1. The number of urea groups is 1. The van der Waals surface area contributed by atoms with E-state index in [1.165, 1.54) is 0 Å². The van der Waals surface area contributed by atoms with Gasteiger partial charge in [-0.3, -0.25) is 4.98 Å². The molecule has 1 heterocycles. The number of amides is 2. The molecule has 2 amide bonds. The van der Waals surface area contributed by atoms with E-state index in [9.17, 15) is 9.90 Å². The van der Waals surface area contributed by atoms with Crippen LogP contribution in [0, 0.1) is 0 Å². The van der Waals surface area contributed by atoms with E-state index in [2.05, 4.69) is 64.0 Å². The van der Waals surface area contributed by atoms with E-state index >= 15 is 0 Å². The van der Waals surface area contributed by atoms with Crippen LogP contribution in [0.5, 0.6) is 5.75 Å². The van der Waals surface area contributed by atoms with Crippen LogP contribution >= 0.6 is 0 Å². The predicted octanol–water partition coefficient (Wildman–Crippen LogP) is 8.79. The number of para-hydroxylation sites is 1. The number of rotatable bonds is 7. The molecule has 0 aliphatic heterocycles. The molecule has 5 nitrogen and oxygen atoms in total. The van der Waals surface area contributed by atoms with Gasteiger partial charge in [-0.2, -0.15) is 0 Å². The van der Waals surface area contributed by atoms with Crippen LogP contribution < -0.4 is 5.32 Å². The van der Waals surface area contributed by atoms with Gasteiger partial charge in [-0.05, 0) is 57.9 Å². The van der Waals surface area contributed by atoms with Gasteiger partial charge in [0.1, 0.15) is 5.75 Å². The normalized spacial score (nSPS) is 12.0. The molecular formula is C36H41N3O2. The van der Waals surface area contributed by atoms with Crippen molar-refractivity contribution in [3.8, 4) is 5.75 Å². The first-order chi connectivity index (χ1) is 19.4. The standard InChI is InChI=1S/C36H41N3O2/c1-35(2,3)30-22-27(23-31(33(30)40)36(4,5)6)19-20-28-16-10-11-18-32(28)38-34(41)39(24-26-14-8-7-9-15-26)25-29-17-12-13-21-37-29/h7-23,40H,24-25H2,1-6H3,(H,38,41). The summed E-state index contributed by atoms with van der Waals surface area (Å²) < 4.78 is 0. The molecule has 212 valence electrons. The maximum absolute atomic E-state index is 13.6. The van der Waals surface area contributed by atoms with Crippen LogP contribution in [0.15, 0.2) is 91.1 Å². The third kappa shape index (κ3) is 7.85. The molecule has 0 radical (unpaired) electrons. The minimum atomic E-state index is -0.213. The Bertz CT molecular complexity index is 1420. The molecule has 0 saturated heterocycles. The van der Waals surface area contributed by atoms with E-state index in [4.69, 9.17) is 0 Å². The number of hydrogen-bond acceptors (Lipinski definition) is 3. The van der Waals surface area contributed by atoms with E-state index in [1.807, 2.05) is 84.9 Å². The second-order valence-corrected chi connectivity index (χ2v) is 12.5. The van der Waals surface area contributed by atoms with Gasteiger partial charge in [-0.25, -0.2) is 4.79 Å². The second-order valence-electron chi connectivity index (χ2n) is 12.5. The molecule has 0 atom stereocenters. The van der Waals surface area contributed by atoms with Crippen molar-refractivity contribution < 1.29 is 9.90 Å². The van der Waals surface area contributed by atoms with Crippen LogP contribution in [-0.2, 0) is 23.9 Å². The minimum absolute atomic E-state index is 0.199. The van der Waals surface area contributed by atoms with E-state index in [0.29, 0.717) is 18.8 Å². The van der Waals surface area contributed by atoms with Crippen LogP contribution in [0.25, 0.3) is 12.2 Å². The van der Waals surface area contributed by atoms with E-state index in [0.717, 1.165) is 39.2 Å². The highest BCUT2D eigenvalue weighted by molar-refractivity contribution is 5.92. The average molecular weight is 548 g/mol. The van der Waals surface area contributed by atoms with Crippen molar-refractivity contribution >= 4 is 23.9 Å². The van der Waals surface area contributed by atoms with Crippen molar-refractivity contribution in [1.29, 1.82) is 0 Å². The number of nitrogens with zero attached hydrogens (tertiary/aromatic N) is 2. The molecular weight excluding hydrogens is 506 g/mol. The first kappa shape index (κ1) is 29.6. The number of aromatic hydroxyl groups is 1. The maximum Gasteiger partial charge on any atom is 0.322 e. The Hall–Kier alpha value is -4.38. The largest absolute Gasteiger partial charge is 0.507 e. The Morgan fingerprint density at radius 1 is 0.805 bits per heavy atom. The summed E-state index contributed by atoms with van der Waals surface area (Å²) in [6.07, 6.45) is 5.80. The Balaban J connectivity index is 1.63. The third-order valence-corrected chi connectivity index (χ3v) is 6.99. The summed E-state index contributed by atoms with van der Waals surface area (Å²) in [5.74, 6) is 0.362. The zero-order valence-electron chi connectivity index (χ0n) is 25.0. The fourth-order valence-electron chi connectivity index (χ4n) is 4.72. The fraction of sp³-hybridized carbons (Fsp3) is 0.278. The lowest BCUT2D eigenvalue weighted by atomic mass is 9.78. The van der Waals surface area contributed by atoms with Crippen molar-refractivity contribution in [3.63, 3.8) is 0 Å². The number of benzene rings is 3. The lowest BCUT2D eigenvalue weighted by Gasteiger charge is -2.28. The summed E-state index contributed by atoms with van der Waals surface area (Å²) in [4.78, 5) is 19.8. The van der Waals surface area contributed by atoms with E-state index < -0.39 is 0 Å². The van der Waals surface area contributed by atoms with Crippen molar-refractivity contribution in [2.45, 2.75) is 65.5 Å². The number of hydrogen-bond donors (Lipinski definition) is 2. The average Bonchev–Trinajstić information content (AvgIpc) is 2.92. The van der Waals surface area contributed by atoms with E-state index in [1.54, 1.807) is 11.1 Å². The first-order valence-corrected chi connectivity index (χ1v) is 14.1. The highest BCUT2D eigenvalue weighted by atomic mass is 16.3. The van der Waals surface area contributed by atoms with Crippen molar-refractivity contribution in [2.75, 3.05) is 5.32 Å². The van der Waals surface area contributed by atoms with Gasteiger partial charge in [0.05, 0.1) is 12.2 Å². The van der Waals surface area contributed by atoms with Crippen LogP contribution in [0.1, 0.15) is 75.1 Å². The fourth-order valence-corrected chi connectivity index (χ4v) is 4.72. The van der Waals surface area contributed by atoms with Crippen molar-refractivity contribution in [1.82, 2.24) is 9.88 Å². The monoisotopic (exact) mass is 547 g/mol. The van der Waals surface area contributed by atoms with E-state index in [-0.39, 0.29) is 16.9 Å². The summed E-state index contributed by atoms with van der Waals surface area (Å²) >= 11 is 0. The van der Waals surface area contributed by atoms with Gasteiger partial charge in [0.25, 0.3) is 0 Å². The van der Waals surface area contributed by atoms with Gasteiger partial charge in [-0.1, -0.05) is 108 Å². The Labute approximate surface area is 244 Å². The van der Waals surface area contributed by atoms with Crippen molar-refractivity contribution in [2.24, 2.45) is 0 Å². The molecule has 0 aliphatic carbocycles. The number of phenolic OH excluding ortho intramolecular Hbond substituents is 1. The molecule has 0 aliphatic rings. The molecule has 0 unspecified atom stereocenters. The lowest BCUT2D eigenvalue weighted by molar-refractivity contribution is 0.205. The SMILES string of the molecule is CC(C)(C)c1cc(C=Cc2ccccc2NC(=O)N(Cc2ccccc2)Cc2ccccn2)cc(C(C)(C)C)c1O. The number of aromatic nitrogens is 1. The molecule has 2 N–H and O–H groups in total. The maximum atomic E-state index is 13.6. The lowest BCUT2D eigenvalue weighted by Crippen LogP contribution is -2.34. The second kappa shape index (κ2) is 12.4. The number of carbonyl (C=O) groups excluding carboxylic acids is 1. The van der Waals surface area contributed by atoms with Gasteiger partial charge < -0.3 is 15.3 Å². The highest BCUT2D eigenvalue weighted by Gasteiger charge is 2.26.